The van der Waals surface area contributed by atoms with E-state index in [4.69, 9.17) is 4.74 Å². The molecule has 3 heterocycles. The van der Waals surface area contributed by atoms with Crippen LogP contribution in [0.3, 0.4) is 0 Å². The number of nitrogens with zero attached hydrogens (tertiary/aromatic N) is 2. The molecule has 2 aromatic rings. The first kappa shape index (κ1) is 15.5. The lowest BCUT2D eigenvalue weighted by molar-refractivity contribution is -0.153. The Balaban J connectivity index is 1.84. The van der Waals surface area contributed by atoms with E-state index < -0.39 is 22.0 Å². The third-order valence-electron chi connectivity index (χ3n) is 4.86. The standard InChI is InChI=1S/C17H18N2O4S/c1-11-5-6-12-3-2-4-14(15(12)18-11)24(21,22)19-9-7-13-8-10-23-17(20)16(13)19/h2-6,13,16H,7-10H2,1H3. The van der Waals surface area contributed by atoms with Crippen LogP contribution in [0.4, 0.5) is 0 Å². The van der Waals surface area contributed by atoms with Crippen molar-refractivity contribution in [2.24, 2.45) is 5.92 Å². The molecule has 2 fully saturated rings. The minimum absolute atomic E-state index is 0.0469. The van der Waals surface area contributed by atoms with Crippen LogP contribution in [0.5, 0.6) is 0 Å². The highest BCUT2D eigenvalue weighted by atomic mass is 32.2. The Kier molecular flexibility index (Phi) is 3.58. The zero-order chi connectivity index (χ0) is 16.9. The molecule has 126 valence electrons. The highest BCUT2D eigenvalue weighted by Crippen LogP contribution is 2.36. The van der Waals surface area contributed by atoms with Gasteiger partial charge in [-0.15, -0.1) is 0 Å². The van der Waals surface area contributed by atoms with Crippen molar-refractivity contribution in [1.82, 2.24) is 9.29 Å². The molecule has 6 nitrogen and oxygen atoms in total. The molecular formula is C17H18N2O4S. The lowest BCUT2D eigenvalue weighted by Crippen LogP contribution is -2.46. The highest BCUT2D eigenvalue weighted by Gasteiger charge is 2.48. The molecule has 0 bridgehead atoms. The maximum Gasteiger partial charge on any atom is 0.324 e. The van der Waals surface area contributed by atoms with E-state index in [2.05, 4.69) is 4.98 Å². The predicted octanol–water partition coefficient (Wildman–Crippen LogP) is 1.87. The van der Waals surface area contributed by atoms with E-state index in [0.717, 1.165) is 17.5 Å². The van der Waals surface area contributed by atoms with Crippen LogP contribution in [0, 0.1) is 12.8 Å². The van der Waals surface area contributed by atoms with Gasteiger partial charge < -0.3 is 4.74 Å². The normalized spacial score (nSPS) is 24.8. The number of hydrogen-bond acceptors (Lipinski definition) is 5. The van der Waals surface area contributed by atoms with Crippen LogP contribution < -0.4 is 0 Å². The number of cyclic esters (lactones) is 1. The number of carbonyl (C=O) groups excluding carboxylic acids is 1. The first-order chi connectivity index (χ1) is 11.5. The quantitative estimate of drug-likeness (QED) is 0.776. The maximum absolute atomic E-state index is 13.2. The number of esters is 1. The van der Waals surface area contributed by atoms with Crippen molar-refractivity contribution in [3.05, 3.63) is 36.0 Å². The van der Waals surface area contributed by atoms with Gasteiger partial charge in [0.25, 0.3) is 0 Å². The molecule has 24 heavy (non-hydrogen) atoms. The number of sulfonamides is 1. The zero-order valence-corrected chi connectivity index (χ0v) is 14.1. The summed E-state index contributed by atoms with van der Waals surface area (Å²) < 4.78 is 32.9. The number of fused-ring (bicyclic) bond motifs is 2. The van der Waals surface area contributed by atoms with Crippen molar-refractivity contribution in [3.63, 3.8) is 0 Å². The third kappa shape index (κ3) is 2.31. The van der Waals surface area contributed by atoms with Gasteiger partial charge in [-0.1, -0.05) is 18.2 Å². The molecule has 2 aliphatic rings. The number of ether oxygens (including phenoxy) is 1. The summed E-state index contributed by atoms with van der Waals surface area (Å²) in [6.07, 6.45) is 1.41. The average molecular weight is 346 g/mol. The van der Waals surface area contributed by atoms with Gasteiger partial charge >= 0.3 is 5.97 Å². The number of para-hydroxylation sites is 1. The predicted molar refractivity (Wildman–Crippen MR) is 87.8 cm³/mol. The lowest BCUT2D eigenvalue weighted by atomic mass is 9.96. The van der Waals surface area contributed by atoms with Gasteiger partial charge in [0.1, 0.15) is 10.9 Å². The highest BCUT2D eigenvalue weighted by molar-refractivity contribution is 7.89. The van der Waals surface area contributed by atoms with E-state index in [1.165, 1.54) is 4.31 Å². The van der Waals surface area contributed by atoms with Gasteiger partial charge in [0, 0.05) is 17.6 Å². The zero-order valence-electron chi connectivity index (χ0n) is 13.3. The minimum Gasteiger partial charge on any atom is -0.464 e. The first-order valence-electron chi connectivity index (χ1n) is 8.03. The van der Waals surface area contributed by atoms with Crippen molar-refractivity contribution < 1.29 is 17.9 Å². The van der Waals surface area contributed by atoms with Gasteiger partial charge in [0.05, 0.1) is 12.1 Å². The fourth-order valence-corrected chi connectivity index (χ4v) is 5.47. The number of rotatable bonds is 2. The summed E-state index contributed by atoms with van der Waals surface area (Å²) in [6, 6.07) is 8.11. The van der Waals surface area contributed by atoms with E-state index in [9.17, 15) is 13.2 Å². The Bertz CT molecular complexity index is 925. The van der Waals surface area contributed by atoms with Crippen LogP contribution in [0.2, 0.25) is 0 Å². The molecule has 0 amide bonds. The fourth-order valence-electron chi connectivity index (χ4n) is 3.66. The summed E-state index contributed by atoms with van der Waals surface area (Å²) in [5.74, 6) is -0.387. The molecular weight excluding hydrogens is 328 g/mol. The Morgan fingerprint density at radius 1 is 1.21 bits per heavy atom. The fraction of sp³-hybridized carbons (Fsp3) is 0.412. The number of aromatic nitrogens is 1. The molecule has 0 N–H and O–H groups in total. The van der Waals surface area contributed by atoms with E-state index >= 15 is 0 Å². The van der Waals surface area contributed by atoms with Gasteiger partial charge in [0.15, 0.2) is 0 Å². The lowest BCUT2D eigenvalue weighted by Gasteiger charge is -2.29. The second-order valence-corrected chi connectivity index (χ2v) is 8.20. The molecule has 7 heteroatoms. The number of aryl methyl sites for hydroxylation is 1. The van der Waals surface area contributed by atoms with Crippen molar-refractivity contribution >= 4 is 26.9 Å². The van der Waals surface area contributed by atoms with Gasteiger partial charge in [0.2, 0.25) is 10.0 Å². The number of hydrogen-bond donors (Lipinski definition) is 0. The number of benzene rings is 1. The van der Waals surface area contributed by atoms with Crippen molar-refractivity contribution in [3.8, 4) is 0 Å². The monoisotopic (exact) mass is 346 g/mol. The second-order valence-electron chi connectivity index (χ2n) is 6.35. The summed E-state index contributed by atoms with van der Waals surface area (Å²) in [5, 5.41) is 0.767. The topological polar surface area (TPSA) is 76.6 Å². The number of carbonyl (C=O) groups is 1. The summed E-state index contributed by atoms with van der Waals surface area (Å²) >= 11 is 0. The third-order valence-corrected chi connectivity index (χ3v) is 6.77. The molecule has 1 aromatic carbocycles. The van der Waals surface area contributed by atoms with Gasteiger partial charge in [-0.3, -0.25) is 9.78 Å². The van der Waals surface area contributed by atoms with Crippen LogP contribution >= 0.6 is 0 Å². The molecule has 2 unspecified atom stereocenters. The largest absolute Gasteiger partial charge is 0.464 e. The maximum atomic E-state index is 13.2. The Labute approximate surface area is 140 Å². The summed E-state index contributed by atoms with van der Waals surface area (Å²) in [5.41, 5.74) is 1.20. The molecule has 0 radical (unpaired) electrons. The van der Waals surface area contributed by atoms with E-state index in [1.54, 1.807) is 12.1 Å². The number of pyridine rings is 1. The second kappa shape index (κ2) is 5.53. The molecule has 1 aromatic heterocycles. The molecule has 0 spiro atoms. The van der Waals surface area contributed by atoms with E-state index in [-0.39, 0.29) is 10.8 Å². The molecule has 2 saturated heterocycles. The average Bonchev–Trinajstić information content (AvgIpc) is 3.00. The van der Waals surface area contributed by atoms with Gasteiger partial charge in [-0.25, -0.2) is 8.42 Å². The van der Waals surface area contributed by atoms with Crippen LogP contribution in [-0.2, 0) is 19.6 Å². The van der Waals surface area contributed by atoms with E-state index in [0.29, 0.717) is 25.1 Å². The van der Waals surface area contributed by atoms with Crippen molar-refractivity contribution in [2.45, 2.75) is 30.7 Å². The van der Waals surface area contributed by atoms with E-state index in [1.807, 2.05) is 25.1 Å². The Morgan fingerprint density at radius 3 is 2.88 bits per heavy atom. The Hall–Kier alpha value is -1.99. The SMILES string of the molecule is Cc1ccc2cccc(S(=O)(=O)N3CCC4CCOC(=O)C43)c2n1. The van der Waals surface area contributed by atoms with Crippen LogP contribution in [0.25, 0.3) is 10.9 Å². The van der Waals surface area contributed by atoms with Crippen molar-refractivity contribution in [2.75, 3.05) is 13.2 Å². The molecule has 0 aliphatic carbocycles. The smallest absolute Gasteiger partial charge is 0.324 e. The summed E-state index contributed by atoms with van der Waals surface area (Å²) in [7, 11) is -3.82. The van der Waals surface area contributed by atoms with Crippen LogP contribution in [0.15, 0.2) is 35.2 Å². The van der Waals surface area contributed by atoms with Crippen molar-refractivity contribution in [1.29, 1.82) is 0 Å². The molecule has 4 rings (SSSR count). The summed E-state index contributed by atoms with van der Waals surface area (Å²) in [6.45, 7) is 2.55. The van der Waals surface area contributed by atoms with Crippen LogP contribution in [-0.4, -0.2) is 42.9 Å². The first-order valence-corrected chi connectivity index (χ1v) is 9.47. The molecule has 2 aliphatic heterocycles. The minimum atomic E-state index is -3.82. The summed E-state index contributed by atoms with van der Waals surface area (Å²) in [4.78, 5) is 16.7. The van der Waals surface area contributed by atoms with Gasteiger partial charge in [-0.2, -0.15) is 4.31 Å². The van der Waals surface area contributed by atoms with Gasteiger partial charge in [-0.05, 0) is 37.8 Å². The Morgan fingerprint density at radius 2 is 2.04 bits per heavy atom. The molecule has 0 saturated carbocycles. The molecule has 2 atom stereocenters. The van der Waals surface area contributed by atoms with Crippen LogP contribution in [0.1, 0.15) is 18.5 Å².